The maximum Gasteiger partial charge on any atom is 0.169 e. The van der Waals surface area contributed by atoms with Crippen molar-refractivity contribution in [3.05, 3.63) is 34.9 Å². The first-order valence-electron chi connectivity index (χ1n) is 5.12. The molecule has 0 aromatic heterocycles. The lowest BCUT2D eigenvalue weighted by Crippen LogP contribution is -2.24. The molecule has 0 saturated carbocycles. The number of nitrogens with one attached hydrogen (secondary N) is 1. The number of carbonyl (C=O) groups is 1. The van der Waals surface area contributed by atoms with Crippen LogP contribution in [0.25, 0.3) is 0 Å². The number of carbonyl (C=O) groups excluding carboxylic acids is 1. The highest BCUT2D eigenvalue weighted by molar-refractivity contribution is 5.98. The molecule has 16 heavy (non-hydrogen) atoms. The van der Waals surface area contributed by atoms with Crippen LogP contribution in [0.2, 0.25) is 0 Å². The van der Waals surface area contributed by atoms with Crippen LogP contribution in [0.5, 0.6) is 0 Å². The molecule has 2 nitrogen and oxygen atoms in total. The monoisotopic (exact) mass is 227 g/mol. The zero-order valence-electron chi connectivity index (χ0n) is 9.60. The molecule has 0 aliphatic carbocycles. The number of ketones is 1. The Kier molecular flexibility index (Phi) is 4.12. The van der Waals surface area contributed by atoms with E-state index in [0.717, 1.165) is 0 Å². The van der Waals surface area contributed by atoms with E-state index in [9.17, 15) is 13.6 Å². The van der Waals surface area contributed by atoms with Gasteiger partial charge in [-0.1, -0.05) is 13.0 Å². The molecule has 0 aliphatic rings. The number of hydrogen-bond donors (Lipinski definition) is 1. The summed E-state index contributed by atoms with van der Waals surface area (Å²) >= 11 is 0. The van der Waals surface area contributed by atoms with Gasteiger partial charge in [-0.2, -0.15) is 0 Å². The molecule has 0 spiro atoms. The summed E-state index contributed by atoms with van der Waals surface area (Å²) in [4.78, 5) is 11.8. The van der Waals surface area contributed by atoms with Gasteiger partial charge in [0.1, 0.15) is 0 Å². The Bertz CT molecular complexity index is 404. The van der Waals surface area contributed by atoms with E-state index in [1.165, 1.54) is 19.1 Å². The van der Waals surface area contributed by atoms with Crippen molar-refractivity contribution in [1.29, 1.82) is 0 Å². The van der Waals surface area contributed by atoms with Gasteiger partial charge in [0.2, 0.25) is 0 Å². The second-order valence-corrected chi connectivity index (χ2v) is 3.88. The van der Waals surface area contributed by atoms with Gasteiger partial charge in [0.25, 0.3) is 0 Å². The van der Waals surface area contributed by atoms with Crippen LogP contribution in [-0.4, -0.2) is 19.4 Å². The summed E-state index contributed by atoms with van der Waals surface area (Å²) in [6.07, 6.45) is 0. The molecule has 0 aliphatic heterocycles. The van der Waals surface area contributed by atoms with E-state index < -0.39 is 11.6 Å². The zero-order chi connectivity index (χ0) is 12.3. The van der Waals surface area contributed by atoms with Crippen molar-refractivity contribution >= 4 is 5.78 Å². The van der Waals surface area contributed by atoms with Gasteiger partial charge in [-0.15, -0.1) is 0 Å². The minimum Gasteiger partial charge on any atom is -0.319 e. The first-order valence-corrected chi connectivity index (χ1v) is 5.12. The number of benzene rings is 1. The standard InChI is InChI=1S/C12H15F2NO/c1-7-4-5-9(11(14)10(7)13)12(16)8(2)6-15-3/h4-5,8,15H,6H2,1-3H3. The lowest BCUT2D eigenvalue weighted by molar-refractivity contribution is 0.0925. The number of aryl methyl sites for hydroxylation is 1. The molecule has 1 unspecified atom stereocenters. The molecule has 0 bridgehead atoms. The van der Waals surface area contributed by atoms with Crippen molar-refractivity contribution in [3.8, 4) is 0 Å². The predicted molar refractivity (Wildman–Crippen MR) is 58.5 cm³/mol. The Morgan fingerprint density at radius 3 is 2.56 bits per heavy atom. The van der Waals surface area contributed by atoms with Crippen LogP contribution in [0.4, 0.5) is 8.78 Å². The van der Waals surface area contributed by atoms with E-state index in [1.807, 2.05) is 0 Å². The van der Waals surface area contributed by atoms with Crippen LogP contribution >= 0.6 is 0 Å². The number of Topliss-reactive ketones (excluding diaryl/α,β-unsaturated/α-hetero) is 1. The van der Waals surface area contributed by atoms with Crippen molar-refractivity contribution in [2.24, 2.45) is 5.92 Å². The summed E-state index contributed by atoms with van der Waals surface area (Å²) in [5, 5.41) is 2.83. The Balaban J connectivity index is 3.05. The van der Waals surface area contributed by atoms with Crippen molar-refractivity contribution in [2.45, 2.75) is 13.8 Å². The van der Waals surface area contributed by atoms with Crippen molar-refractivity contribution < 1.29 is 13.6 Å². The van der Waals surface area contributed by atoms with Gasteiger partial charge in [-0.3, -0.25) is 4.79 Å². The molecule has 1 rings (SSSR count). The van der Waals surface area contributed by atoms with E-state index in [1.54, 1.807) is 14.0 Å². The Labute approximate surface area is 93.7 Å². The molecule has 1 aromatic carbocycles. The predicted octanol–water partition coefficient (Wildman–Crippen LogP) is 2.31. The summed E-state index contributed by atoms with van der Waals surface area (Å²) in [5.74, 6) is -2.75. The smallest absolute Gasteiger partial charge is 0.169 e. The van der Waals surface area contributed by atoms with Gasteiger partial charge < -0.3 is 5.32 Å². The fourth-order valence-electron chi connectivity index (χ4n) is 1.50. The summed E-state index contributed by atoms with van der Waals surface area (Å²) in [5.41, 5.74) is 0.0289. The Hall–Kier alpha value is -1.29. The average Bonchev–Trinajstić information content (AvgIpc) is 2.26. The SMILES string of the molecule is CNCC(C)C(=O)c1ccc(C)c(F)c1F. The fourth-order valence-corrected chi connectivity index (χ4v) is 1.50. The van der Waals surface area contributed by atoms with Gasteiger partial charge >= 0.3 is 0 Å². The molecule has 1 aromatic rings. The molecule has 88 valence electrons. The summed E-state index contributed by atoms with van der Waals surface area (Å²) in [7, 11) is 1.70. The molecular weight excluding hydrogens is 212 g/mol. The maximum absolute atomic E-state index is 13.5. The largest absolute Gasteiger partial charge is 0.319 e. The van der Waals surface area contributed by atoms with Gasteiger partial charge in [0.15, 0.2) is 17.4 Å². The highest BCUT2D eigenvalue weighted by atomic mass is 19.2. The molecule has 1 N–H and O–H groups in total. The number of hydrogen-bond acceptors (Lipinski definition) is 2. The van der Waals surface area contributed by atoms with Gasteiger partial charge in [0.05, 0.1) is 5.56 Å². The molecule has 0 saturated heterocycles. The number of rotatable bonds is 4. The Morgan fingerprint density at radius 1 is 1.38 bits per heavy atom. The molecule has 0 fully saturated rings. The molecule has 0 amide bonds. The molecule has 0 radical (unpaired) electrons. The van der Waals surface area contributed by atoms with Crippen LogP contribution in [0, 0.1) is 24.5 Å². The van der Waals surface area contributed by atoms with Crippen molar-refractivity contribution in [1.82, 2.24) is 5.32 Å². The quantitative estimate of drug-likeness (QED) is 0.800. The topological polar surface area (TPSA) is 29.1 Å². The third kappa shape index (κ3) is 2.44. The third-order valence-electron chi connectivity index (χ3n) is 2.50. The van der Waals surface area contributed by atoms with Crippen molar-refractivity contribution in [3.63, 3.8) is 0 Å². The first kappa shape index (κ1) is 12.8. The van der Waals surface area contributed by atoms with Crippen LogP contribution in [0.1, 0.15) is 22.8 Å². The van der Waals surface area contributed by atoms with E-state index in [-0.39, 0.29) is 22.8 Å². The highest BCUT2D eigenvalue weighted by Gasteiger charge is 2.21. The van der Waals surface area contributed by atoms with Crippen LogP contribution in [0.15, 0.2) is 12.1 Å². The lowest BCUT2D eigenvalue weighted by Gasteiger charge is -2.11. The summed E-state index contributed by atoms with van der Waals surface area (Å²) in [6.45, 7) is 3.58. The van der Waals surface area contributed by atoms with E-state index in [4.69, 9.17) is 0 Å². The fraction of sp³-hybridized carbons (Fsp3) is 0.417. The number of halogens is 2. The second-order valence-electron chi connectivity index (χ2n) is 3.88. The second kappa shape index (κ2) is 5.16. The van der Waals surface area contributed by atoms with Gasteiger partial charge in [0, 0.05) is 12.5 Å². The third-order valence-corrected chi connectivity index (χ3v) is 2.50. The first-order chi connectivity index (χ1) is 7.49. The highest BCUT2D eigenvalue weighted by Crippen LogP contribution is 2.18. The van der Waals surface area contributed by atoms with E-state index in [2.05, 4.69) is 5.32 Å². The molecular formula is C12H15F2NO. The summed E-state index contributed by atoms with van der Waals surface area (Å²) < 4.78 is 26.8. The normalized spacial score (nSPS) is 12.6. The zero-order valence-corrected chi connectivity index (χ0v) is 9.60. The average molecular weight is 227 g/mol. The summed E-state index contributed by atoms with van der Waals surface area (Å²) in [6, 6.07) is 2.75. The minimum absolute atomic E-state index is 0.175. The van der Waals surface area contributed by atoms with Crippen LogP contribution in [-0.2, 0) is 0 Å². The lowest BCUT2D eigenvalue weighted by atomic mass is 9.97. The molecule has 0 heterocycles. The molecule has 1 atom stereocenters. The Morgan fingerprint density at radius 2 is 2.00 bits per heavy atom. The molecule has 4 heteroatoms. The van der Waals surface area contributed by atoms with Gasteiger partial charge in [-0.05, 0) is 25.6 Å². The maximum atomic E-state index is 13.5. The van der Waals surface area contributed by atoms with Crippen LogP contribution < -0.4 is 5.32 Å². The van der Waals surface area contributed by atoms with Crippen molar-refractivity contribution in [2.75, 3.05) is 13.6 Å². The van der Waals surface area contributed by atoms with E-state index in [0.29, 0.717) is 6.54 Å². The van der Waals surface area contributed by atoms with E-state index >= 15 is 0 Å². The van der Waals surface area contributed by atoms with Crippen LogP contribution in [0.3, 0.4) is 0 Å². The van der Waals surface area contributed by atoms with Gasteiger partial charge in [-0.25, -0.2) is 8.78 Å². The minimum atomic E-state index is -1.05.